The molecule has 2 aromatic carbocycles. The van der Waals surface area contributed by atoms with E-state index < -0.39 is 35.3 Å². The summed E-state index contributed by atoms with van der Waals surface area (Å²) in [4.78, 5) is 44.1. The lowest BCUT2D eigenvalue weighted by Crippen LogP contribution is -2.29. The predicted molar refractivity (Wildman–Crippen MR) is 127 cm³/mol. The molecule has 35 heavy (non-hydrogen) atoms. The maximum atomic E-state index is 13.7. The van der Waals surface area contributed by atoms with Crippen molar-refractivity contribution in [2.45, 2.75) is 19.9 Å². The molecule has 1 aromatic heterocycles. The second-order valence-corrected chi connectivity index (χ2v) is 8.56. The highest BCUT2D eigenvalue weighted by molar-refractivity contribution is 7.17. The fraction of sp³-hybridized carbons (Fsp3) is 0.200. The Bertz CT molecular complexity index is 1330. The van der Waals surface area contributed by atoms with Crippen molar-refractivity contribution < 1.29 is 33.4 Å². The van der Waals surface area contributed by atoms with Crippen molar-refractivity contribution >= 4 is 39.9 Å². The van der Waals surface area contributed by atoms with Crippen molar-refractivity contribution in [3.05, 3.63) is 81.6 Å². The summed E-state index contributed by atoms with van der Waals surface area (Å²) in [5.74, 6) is -2.82. The molecule has 1 saturated heterocycles. The van der Waals surface area contributed by atoms with Gasteiger partial charge in [-0.05, 0) is 55.8 Å². The predicted octanol–water partition coefficient (Wildman–Crippen LogP) is 4.40. The third-order valence-corrected chi connectivity index (χ3v) is 6.57. The number of aryl methyl sites for hydroxylation is 1. The van der Waals surface area contributed by atoms with E-state index in [9.17, 15) is 23.9 Å². The molecule has 0 radical (unpaired) electrons. The molecule has 1 amide bonds. The number of aromatic nitrogens is 1. The van der Waals surface area contributed by atoms with Gasteiger partial charge in [0.1, 0.15) is 22.2 Å². The van der Waals surface area contributed by atoms with Crippen LogP contribution in [-0.2, 0) is 14.3 Å². The van der Waals surface area contributed by atoms with Crippen molar-refractivity contribution in [3.63, 3.8) is 0 Å². The number of ether oxygens (including phenoxy) is 2. The minimum atomic E-state index is -1.10. The molecule has 1 fully saturated rings. The van der Waals surface area contributed by atoms with Gasteiger partial charge in [-0.25, -0.2) is 14.2 Å². The summed E-state index contributed by atoms with van der Waals surface area (Å²) in [5.41, 5.74) is 0.816. The second-order valence-electron chi connectivity index (χ2n) is 7.58. The summed E-state index contributed by atoms with van der Waals surface area (Å²) in [6.45, 7) is 3.88. The van der Waals surface area contributed by atoms with E-state index >= 15 is 0 Å². The van der Waals surface area contributed by atoms with Crippen LogP contribution >= 0.6 is 11.3 Å². The molecule has 1 aliphatic heterocycles. The Hall–Kier alpha value is -4.05. The maximum Gasteiger partial charge on any atom is 0.350 e. The molecule has 0 bridgehead atoms. The van der Waals surface area contributed by atoms with Gasteiger partial charge in [0.15, 0.2) is 5.13 Å². The SMILES string of the molecule is CCOc1ccc(C(O)=C2C(=O)C(=O)N(c3nc(C)c(C(=O)OC)s3)[C@@H]2c2ccc(F)cc2)cc1. The molecule has 0 spiro atoms. The fourth-order valence-electron chi connectivity index (χ4n) is 3.79. The second kappa shape index (κ2) is 9.67. The molecule has 1 atom stereocenters. The van der Waals surface area contributed by atoms with E-state index in [0.717, 1.165) is 16.2 Å². The van der Waals surface area contributed by atoms with Gasteiger partial charge < -0.3 is 14.6 Å². The monoisotopic (exact) mass is 496 g/mol. The first-order chi connectivity index (χ1) is 16.8. The number of hydrogen-bond donors (Lipinski definition) is 1. The number of rotatable bonds is 6. The van der Waals surface area contributed by atoms with E-state index in [1.165, 1.54) is 31.4 Å². The number of thiazole rings is 1. The van der Waals surface area contributed by atoms with Crippen LogP contribution in [0.3, 0.4) is 0 Å². The average Bonchev–Trinajstić information content (AvgIpc) is 3.36. The van der Waals surface area contributed by atoms with E-state index in [2.05, 4.69) is 4.98 Å². The summed E-state index contributed by atoms with van der Waals surface area (Å²) >= 11 is 0.886. The number of nitrogens with zero attached hydrogens (tertiary/aromatic N) is 2. The number of Topliss-reactive ketones (excluding diaryl/α,β-unsaturated/α-hetero) is 1. The minimum Gasteiger partial charge on any atom is -0.507 e. The molecule has 0 aliphatic carbocycles. The molecular weight excluding hydrogens is 475 g/mol. The van der Waals surface area contributed by atoms with Gasteiger partial charge in [0.25, 0.3) is 5.78 Å². The number of benzene rings is 2. The number of halogens is 1. The van der Waals surface area contributed by atoms with Gasteiger partial charge in [0.2, 0.25) is 0 Å². The molecule has 180 valence electrons. The van der Waals surface area contributed by atoms with E-state index in [-0.39, 0.29) is 15.6 Å². The van der Waals surface area contributed by atoms with Crippen LogP contribution in [0.15, 0.2) is 54.1 Å². The molecule has 8 nitrogen and oxygen atoms in total. The molecule has 1 aliphatic rings. The Morgan fingerprint density at radius 2 is 1.80 bits per heavy atom. The zero-order valence-corrected chi connectivity index (χ0v) is 19.9. The van der Waals surface area contributed by atoms with Crippen LogP contribution in [0.5, 0.6) is 5.75 Å². The third-order valence-electron chi connectivity index (χ3n) is 5.43. The Morgan fingerprint density at radius 1 is 1.14 bits per heavy atom. The van der Waals surface area contributed by atoms with Crippen LogP contribution in [0.2, 0.25) is 0 Å². The van der Waals surface area contributed by atoms with Gasteiger partial charge in [0, 0.05) is 5.56 Å². The minimum absolute atomic E-state index is 0.0741. The van der Waals surface area contributed by atoms with Gasteiger partial charge in [-0.3, -0.25) is 14.5 Å². The topological polar surface area (TPSA) is 106 Å². The standard InChI is InChI=1S/C25H21FN2O6S/c1-4-34-17-11-7-15(8-12-17)20(29)18-19(14-5-9-16(26)10-6-14)28(23(31)21(18)30)25-27-13(2)22(35-25)24(32)33-3/h5-12,19,29H,4H2,1-3H3/t19-/m1/s1. The van der Waals surface area contributed by atoms with Gasteiger partial charge in [0.05, 0.1) is 31.0 Å². The van der Waals surface area contributed by atoms with Gasteiger partial charge in [-0.15, -0.1) is 0 Å². The number of anilines is 1. The Balaban J connectivity index is 1.89. The number of ketones is 1. The zero-order valence-electron chi connectivity index (χ0n) is 19.1. The van der Waals surface area contributed by atoms with Gasteiger partial charge >= 0.3 is 11.9 Å². The number of carbonyl (C=O) groups excluding carboxylic acids is 3. The first-order valence-electron chi connectivity index (χ1n) is 10.6. The number of amides is 1. The van der Waals surface area contributed by atoms with Crippen molar-refractivity contribution in [3.8, 4) is 5.75 Å². The van der Waals surface area contributed by atoms with Crippen LogP contribution in [0.1, 0.15) is 39.5 Å². The van der Waals surface area contributed by atoms with Gasteiger partial charge in [-0.2, -0.15) is 0 Å². The van der Waals surface area contributed by atoms with Crippen LogP contribution in [0, 0.1) is 12.7 Å². The Kier molecular flexibility index (Phi) is 6.65. The number of esters is 1. The number of methoxy groups -OCH3 is 1. The summed E-state index contributed by atoms with van der Waals surface area (Å²) in [7, 11) is 1.22. The highest BCUT2D eigenvalue weighted by Gasteiger charge is 2.48. The average molecular weight is 497 g/mol. The van der Waals surface area contributed by atoms with Crippen LogP contribution in [0.4, 0.5) is 9.52 Å². The Morgan fingerprint density at radius 3 is 2.40 bits per heavy atom. The van der Waals surface area contributed by atoms with E-state index in [1.807, 2.05) is 6.92 Å². The summed E-state index contributed by atoms with van der Waals surface area (Å²) in [5, 5.41) is 11.2. The third kappa shape index (κ3) is 4.40. The van der Waals surface area contributed by atoms with E-state index in [4.69, 9.17) is 9.47 Å². The lowest BCUT2D eigenvalue weighted by molar-refractivity contribution is -0.132. The van der Waals surface area contributed by atoms with Crippen molar-refractivity contribution in [1.29, 1.82) is 0 Å². The van der Waals surface area contributed by atoms with Crippen molar-refractivity contribution in [2.24, 2.45) is 0 Å². The number of aliphatic hydroxyl groups excluding tert-OH is 1. The molecule has 1 N–H and O–H groups in total. The first-order valence-corrected chi connectivity index (χ1v) is 11.4. The van der Waals surface area contributed by atoms with E-state index in [1.54, 1.807) is 31.2 Å². The van der Waals surface area contributed by atoms with Crippen LogP contribution in [0.25, 0.3) is 5.76 Å². The number of hydrogen-bond acceptors (Lipinski definition) is 8. The largest absolute Gasteiger partial charge is 0.507 e. The quantitative estimate of drug-likeness (QED) is 0.233. The normalized spacial score (nSPS) is 17.0. The molecule has 4 rings (SSSR count). The Labute approximate surface area is 204 Å². The lowest BCUT2D eigenvalue weighted by atomic mass is 9.95. The van der Waals surface area contributed by atoms with Crippen molar-refractivity contribution in [1.82, 2.24) is 4.98 Å². The summed E-state index contributed by atoms with van der Waals surface area (Å²) < 4.78 is 23.9. The van der Waals surface area contributed by atoms with Crippen LogP contribution in [-0.4, -0.2) is 41.5 Å². The molecular formula is C25H21FN2O6S. The maximum absolute atomic E-state index is 13.7. The molecule has 3 aromatic rings. The first kappa shape index (κ1) is 24.1. The van der Waals surface area contributed by atoms with Crippen LogP contribution < -0.4 is 9.64 Å². The number of aliphatic hydroxyl groups is 1. The van der Waals surface area contributed by atoms with Crippen molar-refractivity contribution in [2.75, 3.05) is 18.6 Å². The molecule has 2 heterocycles. The highest BCUT2D eigenvalue weighted by atomic mass is 32.1. The molecule has 0 saturated carbocycles. The van der Waals surface area contributed by atoms with E-state index in [0.29, 0.717) is 29.2 Å². The smallest absolute Gasteiger partial charge is 0.350 e. The molecule has 10 heteroatoms. The zero-order chi connectivity index (χ0) is 25.3. The number of carbonyl (C=O) groups is 3. The fourth-order valence-corrected chi connectivity index (χ4v) is 4.80. The molecule has 0 unspecified atom stereocenters. The summed E-state index contributed by atoms with van der Waals surface area (Å²) in [6.07, 6.45) is 0. The summed E-state index contributed by atoms with van der Waals surface area (Å²) in [6, 6.07) is 10.5. The lowest BCUT2D eigenvalue weighted by Gasteiger charge is -2.23. The van der Waals surface area contributed by atoms with Gasteiger partial charge in [-0.1, -0.05) is 23.5 Å². The highest BCUT2D eigenvalue weighted by Crippen LogP contribution is 2.44.